The van der Waals surface area contributed by atoms with Crippen molar-refractivity contribution in [1.29, 1.82) is 0 Å². The van der Waals surface area contributed by atoms with Crippen LogP contribution in [0.5, 0.6) is 0 Å². The molecule has 0 bridgehead atoms. The van der Waals surface area contributed by atoms with Crippen LogP contribution in [0.4, 0.5) is 28.4 Å². The Morgan fingerprint density at radius 2 is 0.953 bits per heavy atom. The smallest absolute Gasteiger partial charge is 0.159 e. The Morgan fingerprint density at radius 3 is 1.52 bits per heavy atom. The van der Waals surface area contributed by atoms with Crippen molar-refractivity contribution in [3.8, 4) is 0 Å². The van der Waals surface area contributed by atoms with Crippen molar-refractivity contribution in [3.63, 3.8) is 0 Å². The Morgan fingerprint density at radius 1 is 0.438 bits per heavy atom. The van der Waals surface area contributed by atoms with E-state index in [2.05, 4.69) is 233 Å². The quantitative estimate of drug-likeness (QED) is 0.167. The van der Waals surface area contributed by atoms with E-state index >= 15 is 0 Å². The molecule has 312 valence electrons. The van der Waals surface area contributed by atoms with Gasteiger partial charge in [-0.1, -0.05) is 175 Å². The SMILES string of the molecule is CC(C)(C)c1cccc2c1oc1c(N(C3=CC=C4C=Cc5c(N(c6ccccc6)c6cccc7c6oc6c(C(C)(C)C)cccc67)ccc6c5C4C3C=C6)c3ccccc3)cccc12. The molecular formula is C60H50N2O2. The van der Waals surface area contributed by atoms with Gasteiger partial charge in [0.1, 0.15) is 11.2 Å². The van der Waals surface area contributed by atoms with Gasteiger partial charge in [0.05, 0.1) is 17.1 Å². The summed E-state index contributed by atoms with van der Waals surface area (Å²) < 4.78 is 14.1. The minimum Gasteiger partial charge on any atom is -0.454 e. The van der Waals surface area contributed by atoms with E-state index in [9.17, 15) is 0 Å². The first-order chi connectivity index (χ1) is 31.0. The predicted molar refractivity (Wildman–Crippen MR) is 269 cm³/mol. The summed E-state index contributed by atoms with van der Waals surface area (Å²) in [5, 5.41) is 4.53. The second-order valence-corrected chi connectivity index (χ2v) is 19.7. The topological polar surface area (TPSA) is 32.8 Å². The summed E-state index contributed by atoms with van der Waals surface area (Å²) in [6.45, 7) is 13.6. The number of para-hydroxylation sites is 6. The molecule has 3 aliphatic carbocycles. The zero-order valence-corrected chi connectivity index (χ0v) is 37.2. The van der Waals surface area contributed by atoms with Crippen LogP contribution < -0.4 is 9.80 Å². The molecule has 0 fully saturated rings. The van der Waals surface area contributed by atoms with Crippen molar-refractivity contribution in [2.24, 2.45) is 5.92 Å². The lowest BCUT2D eigenvalue weighted by molar-refractivity contribution is 0.572. The van der Waals surface area contributed by atoms with Crippen molar-refractivity contribution in [2.45, 2.75) is 58.3 Å². The molecule has 0 N–H and O–H groups in total. The maximum Gasteiger partial charge on any atom is 0.159 e. The molecule has 0 radical (unpaired) electrons. The van der Waals surface area contributed by atoms with Crippen LogP contribution in [0.2, 0.25) is 0 Å². The van der Waals surface area contributed by atoms with Gasteiger partial charge in [0, 0.05) is 67.1 Å². The summed E-state index contributed by atoms with van der Waals surface area (Å²) >= 11 is 0. The van der Waals surface area contributed by atoms with Crippen LogP contribution in [0.3, 0.4) is 0 Å². The van der Waals surface area contributed by atoms with Crippen molar-refractivity contribution >= 4 is 84.5 Å². The molecule has 64 heavy (non-hydrogen) atoms. The van der Waals surface area contributed by atoms with Gasteiger partial charge in [-0.25, -0.2) is 0 Å². The molecule has 0 aliphatic heterocycles. The number of fused-ring (bicyclic) bond motifs is 6. The lowest BCUT2D eigenvalue weighted by atomic mass is 9.67. The fourth-order valence-corrected chi connectivity index (χ4v) is 10.7. The molecule has 7 aromatic carbocycles. The summed E-state index contributed by atoms with van der Waals surface area (Å²) in [7, 11) is 0. The molecule has 0 saturated carbocycles. The van der Waals surface area contributed by atoms with Gasteiger partial charge < -0.3 is 18.6 Å². The molecular weight excluding hydrogens is 781 g/mol. The minimum absolute atomic E-state index is 0.0521. The average Bonchev–Trinajstić information content (AvgIpc) is 3.89. The van der Waals surface area contributed by atoms with E-state index in [0.29, 0.717) is 0 Å². The molecule has 3 aliphatic rings. The van der Waals surface area contributed by atoms with E-state index < -0.39 is 0 Å². The van der Waals surface area contributed by atoms with E-state index in [1.54, 1.807) is 0 Å². The number of anilines is 5. The Kier molecular flexibility index (Phi) is 8.46. The van der Waals surface area contributed by atoms with Gasteiger partial charge >= 0.3 is 0 Å². The lowest BCUT2D eigenvalue weighted by Gasteiger charge is -2.42. The fraction of sp³-hybridized carbons (Fsp3) is 0.167. The van der Waals surface area contributed by atoms with E-state index in [4.69, 9.17) is 8.83 Å². The van der Waals surface area contributed by atoms with E-state index in [0.717, 1.165) is 72.3 Å². The van der Waals surface area contributed by atoms with Gasteiger partial charge in [-0.2, -0.15) is 0 Å². The summed E-state index contributed by atoms with van der Waals surface area (Å²) in [6.07, 6.45) is 14.1. The van der Waals surface area contributed by atoms with Crippen LogP contribution in [0, 0.1) is 5.92 Å². The molecule has 2 atom stereocenters. The Bertz CT molecular complexity index is 3470. The number of allylic oxidation sites excluding steroid dienone is 5. The first-order valence-corrected chi connectivity index (χ1v) is 22.6. The highest BCUT2D eigenvalue weighted by Gasteiger charge is 2.40. The minimum atomic E-state index is -0.0762. The maximum absolute atomic E-state index is 7.05. The average molecular weight is 831 g/mol. The fourth-order valence-electron chi connectivity index (χ4n) is 10.7. The molecule has 4 nitrogen and oxygen atoms in total. The van der Waals surface area contributed by atoms with Crippen molar-refractivity contribution in [2.75, 3.05) is 9.80 Å². The van der Waals surface area contributed by atoms with Crippen LogP contribution in [-0.2, 0) is 10.8 Å². The van der Waals surface area contributed by atoms with Crippen molar-refractivity contribution in [1.82, 2.24) is 0 Å². The number of nitrogens with zero attached hydrogens (tertiary/aromatic N) is 2. The Balaban J connectivity index is 1.04. The molecule has 12 rings (SSSR count). The highest BCUT2D eigenvalue weighted by Crippen LogP contribution is 2.55. The van der Waals surface area contributed by atoms with Gasteiger partial charge in [0.2, 0.25) is 0 Å². The monoisotopic (exact) mass is 830 g/mol. The van der Waals surface area contributed by atoms with Gasteiger partial charge in [-0.3, -0.25) is 0 Å². The second kappa shape index (κ2) is 14.1. The molecule has 2 unspecified atom stereocenters. The van der Waals surface area contributed by atoms with Crippen LogP contribution in [0.25, 0.3) is 56.0 Å². The third-order valence-corrected chi connectivity index (χ3v) is 13.7. The number of furan rings is 2. The number of benzene rings is 7. The Hall–Kier alpha value is -7.30. The third kappa shape index (κ3) is 5.81. The molecule has 0 spiro atoms. The molecule has 2 heterocycles. The molecule has 0 amide bonds. The maximum atomic E-state index is 7.05. The van der Waals surface area contributed by atoms with E-state index in [1.807, 2.05) is 0 Å². The molecule has 2 aromatic heterocycles. The lowest BCUT2D eigenvalue weighted by Crippen LogP contribution is -2.31. The van der Waals surface area contributed by atoms with Gasteiger partial charge in [0.25, 0.3) is 0 Å². The number of rotatable bonds is 6. The van der Waals surface area contributed by atoms with Gasteiger partial charge in [-0.05, 0) is 76.1 Å². The van der Waals surface area contributed by atoms with Crippen molar-refractivity contribution < 1.29 is 8.83 Å². The Labute approximate surface area is 374 Å². The van der Waals surface area contributed by atoms with Gasteiger partial charge in [-0.15, -0.1) is 0 Å². The summed E-state index contributed by atoms with van der Waals surface area (Å²) in [5.41, 5.74) is 17.7. The summed E-state index contributed by atoms with van der Waals surface area (Å²) in [5.74, 6) is 0.152. The van der Waals surface area contributed by atoms with E-state index in [-0.39, 0.29) is 22.7 Å². The first kappa shape index (κ1) is 38.4. The summed E-state index contributed by atoms with van der Waals surface area (Å²) in [6, 6.07) is 52.5. The molecule has 0 saturated heterocycles. The largest absolute Gasteiger partial charge is 0.454 e. The first-order valence-electron chi connectivity index (χ1n) is 22.6. The third-order valence-electron chi connectivity index (χ3n) is 13.7. The normalized spacial score (nSPS) is 16.7. The van der Waals surface area contributed by atoms with Crippen LogP contribution in [-0.4, -0.2) is 0 Å². The number of hydrogen-bond acceptors (Lipinski definition) is 4. The van der Waals surface area contributed by atoms with Crippen molar-refractivity contribution in [3.05, 3.63) is 209 Å². The van der Waals surface area contributed by atoms with Gasteiger partial charge in [0.15, 0.2) is 11.2 Å². The predicted octanol–water partition coefficient (Wildman–Crippen LogP) is 17.0. The van der Waals surface area contributed by atoms with Crippen LogP contribution >= 0.6 is 0 Å². The highest BCUT2D eigenvalue weighted by atomic mass is 16.3. The number of hydrogen-bond donors (Lipinski definition) is 0. The molecule has 9 aromatic rings. The highest BCUT2D eigenvalue weighted by molar-refractivity contribution is 6.12. The van der Waals surface area contributed by atoms with Crippen LogP contribution in [0.1, 0.15) is 75.3 Å². The zero-order valence-electron chi connectivity index (χ0n) is 37.2. The standard InChI is InChI=1S/C60H50N2O2/c1-59(2,3)47-25-13-21-41-43-23-15-27-51(57(43)63-55(41)47)61(39-17-9-7-10-18-39)49-35-31-37-30-34-46-50(36-32-38-29-33-45(49)53(37)54(38)46)62(40-19-11-8-12-20-40)52-28-16-24-44-42-22-14-26-48(60(4,5)6)56(42)64-58(44)52/h7-36,45,53H,1-6H3. The molecule has 4 heteroatoms. The second-order valence-electron chi connectivity index (χ2n) is 19.7. The van der Waals surface area contributed by atoms with E-state index in [1.165, 1.54) is 39.1 Å². The zero-order chi connectivity index (χ0) is 43.5. The van der Waals surface area contributed by atoms with Crippen LogP contribution in [0.15, 0.2) is 190 Å². The summed E-state index contributed by atoms with van der Waals surface area (Å²) in [4.78, 5) is 4.86.